The molecule has 0 amide bonds. The zero-order valence-electron chi connectivity index (χ0n) is 7.57. The minimum Gasteiger partial charge on any atom is -0.286 e. The Morgan fingerprint density at radius 1 is 1.71 bits per heavy atom. The molecule has 1 unspecified atom stereocenters. The summed E-state index contributed by atoms with van der Waals surface area (Å²) in [5.41, 5.74) is -0.345. The standard InChI is InChI=1S/C8H10F2N2OS/c1-14-7-11-6-5(4-12(7)13)2-3-8(6,9)10/h4,7,13H,2-3H2,1H3. The van der Waals surface area contributed by atoms with Gasteiger partial charge in [0.1, 0.15) is 5.71 Å². The molecular weight excluding hydrogens is 210 g/mol. The molecule has 0 spiro atoms. The van der Waals surface area contributed by atoms with Crippen molar-refractivity contribution in [2.45, 2.75) is 24.3 Å². The Bertz CT molecular complexity index is 316. The van der Waals surface area contributed by atoms with Crippen LogP contribution in [0.5, 0.6) is 0 Å². The smallest absolute Gasteiger partial charge is 0.286 e. The van der Waals surface area contributed by atoms with E-state index in [1.54, 1.807) is 6.26 Å². The summed E-state index contributed by atoms with van der Waals surface area (Å²) in [6, 6.07) is 0. The van der Waals surface area contributed by atoms with Gasteiger partial charge in [-0.05, 0) is 18.2 Å². The van der Waals surface area contributed by atoms with E-state index in [9.17, 15) is 14.0 Å². The molecule has 1 aliphatic carbocycles. The van der Waals surface area contributed by atoms with Crippen LogP contribution in [0.15, 0.2) is 16.8 Å². The van der Waals surface area contributed by atoms with Crippen LogP contribution in [0.2, 0.25) is 0 Å². The number of hydrogen-bond donors (Lipinski definition) is 1. The monoisotopic (exact) mass is 220 g/mol. The summed E-state index contributed by atoms with van der Waals surface area (Å²) in [6.07, 6.45) is 3.14. The molecule has 2 aliphatic rings. The summed E-state index contributed by atoms with van der Waals surface area (Å²) in [7, 11) is 0. The van der Waals surface area contributed by atoms with Crippen molar-refractivity contribution in [1.29, 1.82) is 0 Å². The molecule has 0 saturated heterocycles. The number of thioether (sulfide) groups is 1. The molecule has 2 rings (SSSR count). The Labute approximate surface area is 84.5 Å². The van der Waals surface area contributed by atoms with Crippen molar-refractivity contribution in [1.82, 2.24) is 5.06 Å². The Morgan fingerprint density at radius 3 is 3.07 bits per heavy atom. The van der Waals surface area contributed by atoms with Gasteiger partial charge in [-0.25, -0.2) is 10.1 Å². The van der Waals surface area contributed by atoms with Crippen molar-refractivity contribution in [3.05, 3.63) is 11.8 Å². The first kappa shape index (κ1) is 9.92. The van der Waals surface area contributed by atoms with E-state index in [1.807, 2.05) is 0 Å². The lowest BCUT2D eigenvalue weighted by Gasteiger charge is -2.25. The minimum absolute atomic E-state index is 0.151. The van der Waals surface area contributed by atoms with Crippen molar-refractivity contribution in [2.24, 2.45) is 4.99 Å². The highest BCUT2D eigenvalue weighted by atomic mass is 32.2. The number of halogens is 2. The van der Waals surface area contributed by atoms with Crippen molar-refractivity contribution < 1.29 is 14.0 Å². The summed E-state index contributed by atoms with van der Waals surface area (Å²) < 4.78 is 26.5. The van der Waals surface area contributed by atoms with Crippen LogP contribution >= 0.6 is 11.8 Å². The number of allylic oxidation sites excluding steroid dienone is 1. The summed E-state index contributed by atoms with van der Waals surface area (Å²) in [5, 5.41) is 10.3. The van der Waals surface area contributed by atoms with Gasteiger partial charge in [0, 0.05) is 12.6 Å². The highest BCUT2D eigenvalue weighted by Gasteiger charge is 2.46. The maximum atomic E-state index is 13.2. The van der Waals surface area contributed by atoms with Crippen molar-refractivity contribution in [2.75, 3.05) is 6.26 Å². The highest BCUT2D eigenvalue weighted by molar-refractivity contribution is 7.99. The number of hydroxylamine groups is 2. The van der Waals surface area contributed by atoms with Crippen LogP contribution in [0.1, 0.15) is 12.8 Å². The molecule has 1 aliphatic heterocycles. The van der Waals surface area contributed by atoms with Gasteiger partial charge in [0.2, 0.25) is 0 Å². The Kier molecular flexibility index (Phi) is 2.27. The second-order valence-electron chi connectivity index (χ2n) is 3.28. The topological polar surface area (TPSA) is 35.8 Å². The zero-order valence-corrected chi connectivity index (χ0v) is 8.39. The van der Waals surface area contributed by atoms with Gasteiger partial charge >= 0.3 is 0 Å². The summed E-state index contributed by atoms with van der Waals surface area (Å²) in [5.74, 6) is -2.82. The average molecular weight is 220 g/mol. The zero-order chi connectivity index (χ0) is 10.3. The molecule has 0 aromatic carbocycles. The second-order valence-corrected chi connectivity index (χ2v) is 4.17. The molecule has 0 aromatic rings. The molecule has 1 saturated carbocycles. The van der Waals surface area contributed by atoms with E-state index in [1.165, 1.54) is 18.0 Å². The molecule has 3 nitrogen and oxygen atoms in total. The number of nitrogens with zero attached hydrogens (tertiary/aromatic N) is 2. The maximum Gasteiger partial charge on any atom is 0.290 e. The van der Waals surface area contributed by atoms with E-state index in [2.05, 4.69) is 4.99 Å². The molecule has 0 radical (unpaired) electrons. The fraction of sp³-hybridized carbons (Fsp3) is 0.625. The summed E-state index contributed by atoms with van der Waals surface area (Å²) in [6.45, 7) is 0. The van der Waals surface area contributed by atoms with Crippen LogP contribution in [-0.2, 0) is 0 Å². The summed E-state index contributed by atoms with van der Waals surface area (Å²) in [4.78, 5) is 3.83. The molecule has 0 aromatic heterocycles. The van der Waals surface area contributed by atoms with Crippen molar-refractivity contribution >= 4 is 17.5 Å². The van der Waals surface area contributed by atoms with Crippen molar-refractivity contribution in [3.8, 4) is 0 Å². The normalized spacial score (nSPS) is 29.7. The second kappa shape index (κ2) is 3.20. The van der Waals surface area contributed by atoms with Gasteiger partial charge < -0.3 is 0 Å². The predicted molar refractivity (Wildman–Crippen MR) is 50.6 cm³/mol. The van der Waals surface area contributed by atoms with Gasteiger partial charge in [0.15, 0.2) is 5.50 Å². The Morgan fingerprint density at radius 2 is 2.43 bits per heavy atom. The average Bonchev–Trinajstić information content (AvgIpc) is 2.41. The molecule has 0 bridgehead atoms. The van der Waals surface area contributed by atoms with Crippen LogP contribution in [0, 0.1) is 0 Å². The predicted octanol–water partition coefficient (Wildman–Crippen LogP) is 2.09. The van der Waals surface area contributed by atoms with Crippen LogP contribution in [-0.4, -0.2) is 33.7 Å². The van der Waals surface area contributed by atoms with Crippen molar-refractivity contribution in [3.63, 3.8) is 0 Å². The number of hydrogen-bond acceptors (Lipinski definition) is 4. The minimum atomic E-state index is -2.82. The SMILES string of the molecule is CSC1N=C2C(=CN1O)CCC2(F)F. The lowest BCUT2D eigenvalue weighted by molar-refractivity contribution is -0.0516. The van der Waals surface area contributed by atoms with Crippen LogP contribution in [0.25, 0.3) is 0 Å². The van der Waals surface area contributed by atoms with E-state index in [4.69, 9.17) is 0 Å². The Hall–Kier alpha value is -0.620. The third kappa shape index (κ3) is 1.42. The van der Waals surface area contributed by atoms with Gasteiger partial charge in [-0.2, -0.15) is 8.78 Å². The van der Waals surface area contributed by atoms with E-state index in [-0.39, 0.29) is 18.6 Å². The van der Waals surface area contributed by atoms with Gasteiger partial charge in [0.05, 0.1) is 0 Å². The summed E-state index contributed by atoms with van der Waals surface area (Å²) >= 11 is 1.21. The molecular formula is C8H10F2N2OS. The fourth-order valence-corrected chi connectivity index (χ4v) is 2.11. The van der Waals surface area contributed by atoms with E-state index in [0.717, 1.165) is 5.06 Å². The molecule has 78 valence electrons. The molecule has 14 heavy (non-hydrogen) atoms. The maximum absolute atomic E-state index is 13.2. The largest absolute Gasteiger partial charge is 0.290 e. The lowest BCUT2D eigenvalue weighted by atomic mass is 10.2. The van der Waals surface area contributed by atoms with Gasteiger partial charge in [0.25, 0.3) is 5.92 Å². The van der Waals surface area contributed by atoms with E-state index >= 15 is 0 Å². The van der Waals surface area contributed by atoms with Gasteiger partial charge in [-0.15, -0.1) is 11.8 Å². The van der Waals surface area contributed by atoms with E-state index in [0.29, 0.717) is 5.57 Å². The first-order chi connectivity index (χ1) is 6.54. The molecule has 1 fully saturated rings. The number of fused-ring (bicyclic) bond motifs is 1. The van der Waals surface area contributed by atoms with Crippen LogP contribution in [0.4, 0.5) is 8.78 Å². The number of alkyl halides is 2. The number of rotatable bonds is 1. The quantitative estimate of drug-likeness (QED) is 0.735. The van der Waals surface area contributed by atoms with Crippen LogP contribution in [0.3, 0.4) is 0 Å². The Balaban J connectivity index is 2.34. The molecule has 1 N–H and O–H groups in total. The molecule has 6 heteroatoms. The first-order valence-electron chi connectivity index (χ1n) is 4.22. The molecule has 1 atom stereocenters. The van der Waals surface area contributed by atoms with E-state index < -0.39 is 11.4 Å². The third-order valence-electron chi connectivity index (χ3n) is 2.32. The highest BCUT2D eigenvalue weighted by Crippen LogP contribution is 2.39. The third-order valence-corrected chi connectivity index (χ3v) is 3.07. The van der Waals surface area contributed by atoms with Crippen LogP contribution < -0.4 is 0 Å². The molecule has 1 heterocycles. The number of aliphatic imine (C=N–C) groups is 1. The first-order valence-corrected chi connectivity index (χ1v) is 5.50. The lowest BCUT2D eigenvalue weighted by Crippen LogP contribution is -2.33. The van der Waals surface area contributed by atoms with Gasteiger partial charge in [-0.1, -0.05) is 0 Å². The fourth-order valence-electron chi connectivity index (χ4n) is 1.62. The van der Waals surface area contributed by atoms with Gasteiger partial charge in [-0.3, -0.25) is 5.21 Å².